The van der Waals surface area contributed by atoms with Crippen molar-refractivity contribution in [3.63, 3.8) is 0 Å². The summed E-state index contributed by atoms with van der Waals surface area (Å²) in [6.45, 7) is 6.99. The molecule has 1 heteroatoms. The zero-order chi connectivity index (χ0) is 13.2. The topological polar surface area (TPSA) is 0 Å². The summed E-state index contributed by atoms with van der Waals surface area (Å²) in [4.78, 5) is 0. The summed E-state index contributed by atoms with van der Waals surface area (Å²) in [6.07, 6.45) is 8.42. The Morgan fingerprint density at radius 2 is 2.00 bits per heavy atom. The Balaban J connectivity index is 2.27. The molecule has 0 heterocycles. The van der Waals surface area contributed by atoms with Gasteiger partial charge in [0.1, 0.15) is 0 Å². The molecule has 1 aliphatic rings. The van der Waals surface area contributed by atoms with E-state index in [9.17, 15) is 0 Å². The van der Waals surface area contributed by atoms with Gasteiger partial charge < -0.3 is 0 Å². The highest BCUT2D eigenvalue weighted by Crippen LogP contribution is 2.40. The molecule has 0 unspecified atom stereocenters. The molecule has 1 aromatic carbocycles. The van der Waals surface area contributed by atoms with E-state index in [4.69, 9.17) is 0 Å². The summed E-state index contributed by atoms with van der Waals surface area (Å²) in [7, 11) is 0. The minimum atomic E-state index is 0.324. The largest absolute Gasteiger partial charge is 0.0696 e. The van der Waals surface area contributed by atoms with Gasteiger partial charge in [-0.1, -0.05) is 59.6 Å². The molecule has 0 aromatic heterocycles. The van der Waals surface area contributed by atoms with Crippen LogP contribution in [0, 0.1) is 5.41 Å². The Labute approximate surface area is 119 Å². The lowest BCUT2D eigenvalue weighted by Crippen LogP contribution is -2.18. The third-order valence-electron chi connectivity index (χ3n) is 3.83. The van der Waals surface area contributed by atoms with E-state index in [2.05, 4.69) is 73.1 Å². The van der Waals surface area contributed by atoms with Gasteiger partial charge in [0, 0.05) is 4.47 Å². The summed E-state index contributed by atoms with van der Waals surface area (Å²) in [5.74, 6) is 0. The first kappa shape index (κ1) is 13.6. The van der Waals surface area contributed by atoms with E-state index in [1.165, 1.54) is 30.4 Å². The maximum atomic E-state index is 3.52. The molecule has 0 radical (unpaired) electrons. The number of halogens is 1. The van der Waals surface area contributed by atoms with Gasteiger partial charge >= 0.3 is 0 Å². The second-order valence-electron chi connectivity index (χ2n) is 5.82. The second kappa shape index (κ2) is 5.44. The molecule has 0 atom stereocenters. The molecule has 2 rings (SSSR count). The maximum absolute atomic E-state index is 3.52. The van der Waals surface area contributed by atoms with Gasteiger partial charge in [-0.3, -0.25) is 0 Å². The van der Waals surface area contributed by atoms with E-state index < -0.39 is 0 Å². The SMILES string of the molecule is CC1=C(C=Cc2cccc(Br)c2)C(C)(C)CCC1. The van der Waals surface area contributed by atoms with Crippen molar-refractivity contribution in [2.45, 2.75) is 40.0 Å². The van der Waals surface area contributed by atoms with Crippen molar-refractivity contribution in [2.75, 3.05) is 0 Å². The molecule has 96 valence electrons. The van der Waals surface area contributed by atoms with Crippen molar-refractivity contribution >= 4 is 22.0 Å². The van der Waals surface area contributed by atoms with Gasteiger partial charge in [-0.05, 0) is 54.9 Å². The summed E-state index contributed by atoms with van der Waals surface area (Å²) in [6, 6.07) is 8.44. The molecule has 1 aromatic rings. The van der Waals surface area contributed by atoms with Crippen molar-refractivity contribution < 1.29 is 0 Å². The minimum absolute atomic E-state index is 0.324. The fourth-order valence-corrected chi connectivity index (χ4v) is 3.22. The predicted molar refractivity (Wildman–Crippen MR) is 83.5 cm³/mol. The molecular weight excluding hydrogens is 284 g/mol. The highest BCUT2D eigenvalue weighted by atomic mass is 79.9. The van der Waals surface area contributed by atoms with Gasteiger partial charge in [-0.2, -0.15) is 0 Å². The van der Waals surface area contributed by atoms with Crippen LogP contribution in [-0.4, -0.2) is 0 Å². The smallest absolute Gasteiger partial charge is 0.0181 e. The van der Waals surface area contributed by atoms with Crippen LogP contribution in [0.4, 0.5) is 0 Å². The predicted octanol–water partition coefficient (Wildman–Crippen LogP) is 5.99. The Morgan fingerprint density at radius 3 is 2.67 bits per heavy atom. The summed E-state index contributed by atoms with van der Waals surface area (Å²) >= 11 is 3.52. The van der Waals surface area contributed by atoms with Gasteiger partial charge in [0.05, 0.1) is 0 Å². The molecule has 0 fully saturated rings. The first-order valence-corrected chi connectivity index (χ1v) is 7.42. The van der Waals surface area contributed by atoms with E-state index in [-0.39, 0.29) is 0 Å². The van der Waals surface area contributed by atoms with Crippen molar-refractivity contribution in [1.29, 1.82) is 0 Å². The van der Waals surface area contributed by atoms with Crippen molar-refractivity contribution in [3.8, 4) is 0 Å². The van der Waals surface area contributed by atoms with Crippen LogP contribution in [0.1, 0.15) is 45.6 Å². The molecule has 0 amide bonds. The normalized spacial score (nSPS) is 19.6. The third kappa shape index (κ3) is 3.14. The van der Waals surface area contributed by atoms with E-state index in [1.807, 2.05) is 0 Å². The minimum Gasteiger partial charge on any atom is -0.0696 e. The Kier molecular flexibility index (Phi) is 4.11. The molecule has 0 aliphatic heterocycles. The van der Waals surface area contributed by atoms with Gasteiger partial charge in [-0.15, -0.1) is 0 Å². The quantitative estimate of drug-likeness (QED) is 0.629. The Morgan fingerprint density at radius 1 is 1.22 bits per heavy atom. The van der Waals surface area contributed by atoms with Crippen molar-refractivity contribution in [1.82, 2.24) is 0 Å². The van der Waals surface area contributed by atoms with Crippen molar-refractivity contribution in [3.05, 3.63) is 51.5 Å². The van der Waals surface area contributed by atoms with Crippen LogP contribution in [0.3, 0.4) is 0 Å². The molecule has 0 saturated carbocycles. The molecule has 0 saturated heterocycles. The van der Waals surface area contributed by atoms with E-state index in [0.29, 0.717) is 5.41 Å². The van der Waals surface area contributed by atoms with Gasteiger partial charge in [0.25, 0.3) is 0 Å². The first-order chi connectivity index (χ1) is 8.49. The molecule has 0 bridgehead atoms. The fraction of sp³-hybridized carbons (Fsp3) is 0.412. The molecular formula is C17H21Br. The zero-order valence-electron chi connectivity index (χ0n) is 11.5. The first-order valence-electron chi connectivity index (χ1n) is 6.63. The van der Waals surface area contributed by atoms with Crippen LogP contribution in [0.5, 0.6) is 0 Å². The standard InChI is InChI=1S/C17H21Br/c1-13-6-5-11-17(2,3)16(13)10-9-14-7-4-8-15(18)12-14/h4,7-10,12H,5-6,11H2,1-3H3. The highest BCUT2D eigenvalue weighted by Gasteiger charge is 2.26. The average Bonchev–Trinajstić information content (AvgIpc) is 2.27. The van der Waals surface area contributed by atoms with Crippen LogP contribution >= 0.6 is 15.9 Å². The highest BCUT2D eigenvalue weighted by molar-refractivity contribution is 9.10. The van der Waals surface area contributed by atoms with Crippen LogP contribution in [0.2, 0.25) is 0 Å². The van der Waals surface area contributed by atoms with Crippen LogP contribution in [0.25, 0.3) is 6.08 Å². The van der Waals surface area contributed by atoms with Gasteiger partial charge in [0.2, 0.25) is 0 Å². The lowest BCUT2D eigenvalue weighted by atomic mass is 9.72. The van der Waals surface area contributed by atoms with E-state index >= 15 is 0 Å². The summed E-state index contributed by atoms with van der Waals surface area (Å²) in [5.41, 5.74) is 4.66. The monoisotopic (exact) mass is 304 g/mol. The average molecular weight is 305 g/mol. The lowest BCUT2D eigenvalue weighted by molar-refractivity contribution is 0.377. The lowest BCUT2D eigenvalue weighted by Gasteiger charge is -2.32. The number of hydrogen-bond acceptors (Lipinski definition) is 0. The Bertz CT molecular complexity index is 492. The molecule has 1 aliphatic carbocycles. The number of allylic oxidation sites excluding steroid dienone is 3. The van der Waals surface area contributed by atoms with E-state index in [0.717, 1.165) is 4.47 Å². The van der Waals surface area contributed by atoms with Crippen LogP contribution in [-0.2, 0) is 0 Å². The van der Waals surface area contributed by atoms with Crippen molar-refractivity contribution in [2.24, 2.45) is 5.41 Å². The number of benzene rings is 1. The van der Waals surface area contributed by atoms with Gasteiger partial charge in [-0.25, -0.2) is 0 Å². The van der Waals surface area contributed by atoms with Crippen LogP contribution < -0.4 is 0 Å². The van der Waals surface area contributed by atoms with E-state index in [1.54, 1.807) is 5.57 Å². The molecule has 0 spiro atoms. The zero-order valence-corrected chi connectivity index (χ0v) is 13.0. The summed E-state index contributed by atoms with van der Waals surface area (Å²) < 4.78 is 1.14. The maximum Gasteiger partial charge on any atom is 0.0181 e. The molecule has 0 N–H and O–H groups in total. The molecule has 18 heavy (non-hydrogen) atoms. The fourth-order valence-electron chi connectivity index (χ4n) is 2.80. The number of rotatable bonds is 2. The van der Waals surface area contributed by atoms with Gasteiger partial charge in [0.15, 0.2) is 0 Å². The second-order valence-corrected chi connectivity index (χ2v) is 6.74. The van der Waals surface area contributed by atoms with Crippen LogP contribution in [0.15, 0.2) is 46.0 Å². The summed E-state index contributed by atoms with van der Waals surface area (Å²) in [5, 5.41) is 0. The molecule has 0 nitrogen and oxygen atoms in total. The third-order valence-corrected chi connectivity index (χ3v) is 4.33. The Hall–Kier alpha value is -0.820. The number of hydrogen-bond donors (Lipinski definition) is 0.